The second kappa shape index (κ2) is 13.8. The fraction of sp³-hybridized carbons (Fsp3) is 0.0179. The third-order valence-electron chi connectivity index (χ3n) is 12.2. The van der Waals surface area contributed by atoms with Crippen molar-refractivity contribution in [3.63, 3.8) is 0 Å². The van der Waals surface area contributed by atoms with Crippen molar-refractivity contribution in [3.05, 3.63) is 193 Å². The van der Waals surface area contributed by atoms with Gasteiger partial charge in [0.1, 0.15) is 11.3 Å². The topological polar surface area (TPSA) is 56.7 Å². The molecule has 5 nitrogen and oxygen atoms in total. The number of furan rings is 1. The van der Waals surface area contributed by atoms with Crippen LogP contribution in [0.25, 0.3) is 127 Å². The number of fused-ring (bicyclic) bond motifs is 10. The maximum Gasteiger partial charge on any atom is 0.238 e. The maximum atomic E-state index is 6.43. The number of aromatic nitrogens is 4. The minimum atomic E-state index is 0.546. The summed E-state index contributed by atoms with van der Waals surface area (Å²) < 4.78 is 11.3. The zero-order chi connectivity index (χ0) is 40.7. The van der Waals surface area contributed by atoms with Crippen molar-refractivity contribution in [1.82, 2.24) is 19.5 Å². The molecule has 62 heavy (non-hydrogen) atoms. The summed E-state index contributed by atoms with van der Waals surface area (Å²) in [4.78, 5) is 15.9. The number of allylic oxidation sites excluding steroid dienone is 2. The molecule has 0 aliphatic heterocycles. The maximum absolute atomic E-state index is 6.43. The minimum absolute atomic E-state index is 0.546. The van der Waals surface area contributed by atoms with E-state index in [-0.39, 0.29) is 0 Å². The number of para-hydroxylation sites is 1. The van der Waals surface area contributed by atoms with Crippen LogP contribution in [-0.2, 0) is 0 Å². The first kappa shape index (κ1) is 34.9. The average Bonchev–Trinajstić information content (AvgIpc) is 3.92. The molecular weight excluding hydrogens is 777 g/mol. The van der Waals surface area contributed by atoms with Gasteiger partial charge in [0.15, 0.2) is 11.6 Å². The summed E-state index contributed by atoms with van der Waals surface area (Å²) in [6.45, 7) is 0. The summed E-state index contributed by atoms with van der Waals surface area (Å²) in [5, 5.41) is 8.26. The highest BCUT2D eigenvalue weighted by Gasteiger charge is 2.22. The lowest BCUT2D eigenvalue weighted by Crippen LogP contribution is -2.07. The first-order valence-electron chi connectivity index (χ1n) is 20.9. The van der Waals surface area contributed by atoms with Gasteiger partial charge in [0.05, 0.1) is 11.0 Å². The van der Waals surface area contributed by atoms with Gasteiger partial charge in [-0.1, -0.05) is 146 Å². The fourth-order valence-corrected chi connectivity index (χ4v) is 10.4. The summed E-state index contributed by atoms with van der Waals surface area (Å²) in [7, 11) is 0. The molecule has 290 valence electrons. The summed E-state index contributed by atoms with van der Waals surface area (Å²) in [5.74, 6) is 2.57. The van der Waals surface area contributed by atoms with E-state index in [0.29, 0.717) is 17.6 Å². The third kappa shape index (κ3) is 5.58. The smallest absolute Gasteiger partial charge is 0.238 e. The highest BCUT2D eigenvalue weighted by molar-refractivity contribution is 7.25. The predicted molar refractivity (Wildman–Crippen MR) is 259 cm³/mol. The molecule has 12 aromatic rings. The van der Waals surface area contributed by atoms with E-state index in [9.17, 15) is 0 Å². The van der Waals surface area contributed by atoms with Crippen molar-refractivity contribution in [1.29, 1.82) is 0 Å². The van der Waals surface area contributed by atoms with Gasteiger partial charge in [-0.25, -0.2) is 4.98 Å². The fourth-order valence-electron chi connectivity index (χ4n) is 9.28. The number of thiophene rings is 1. The highest BCUT2D eigenvalue weighted by Crippen LogP contribution is 2.42. The van der Waals surface area contributed by atoms with Gasteiger partial charge in [-0.2, -0.15) is 9.97 Å². The molecule has 4 heterocycles. The Balaban J connectivity index is 1.05. The molecule has 0 fully saturated rings. The van der Waals surface area contributed by atoms with Gasteiger partial charge in [-0.05, 0) is 82.4 Å². The summed E-state index contributed by atoms with van der Waals surface area (Å²) in [5.41, 5.74) is 10.3. The molecule has 0 bridgehead atoms. The molecule has 6 heteroatoms. The van der Waals surface area contributed by atoms with Crippen LogP contribution in [0.5, 0.6) is 0 Å². The Morgan fingerprint density at radius 2 is 1.16 bits per heavy atom. The van der Waals surface area contributed by atoms with Gasteiger partial charge < -0.3 is 4.42 Å². The van der Waals surface area contributed by atoms with Crippen LogP contribution in [-0.4, -0.2) is 19.5 Å². The van der Waals surface area contributed by atoms with E-state index in [1.807, 2.05) is 29.5 Å². The van der Waals surface area contributed by atoms with Crippen LogP contribution in [0, 0.1) is 0 Å². The first-order chi connectivity index (χ1) is 30.7. The lowest BCUT2D eigenvalue weighted by atomic mass is 9.97. The average molecular weight is 811 g/mol. The quantitative estimate of drug-likeness (QED) is 0.174. The van der Waals surface area contributed by atoms with Crippen LogP contribution in [0.3, 0.4) is 0 Å². The zero-order valence-electron chi connectivity index (χ0n) is 33.3. The summed E-state index contributed by atoms with van der Waals surface area (Å²) in [6, 6.07) is 60.7. The Labute approximate surface area is 360 Å². The van der Waals surface area contributed by atoms with Gasteiger partial charge >= 0.3 is 0 Å². The van der Waals surface area contributed by atoms with Crippen molar-refractivity contribution >= 4 is 87.2 Å². The molecule has 1 aliphatic carbocycles. The number of rotatable bonds is 5. The lowest BCUT2D eigenvalue weighted by Gasteiger charge is -2.14. The van der Waals surface area contributed by atoms with Crippen molar-refractivity contribution < 1.29 is 4.42 Å². The summed E-state index contributed by atoms with van der Waals surface area (Å²) >= 11 is 1.85. The number of nitrogens with zero attached hydrogens (tertiary/aromatic N) is 4. The standard InChI is InChI=1S/C56H34N4OS/c1-3-13-34(14-4-1)54-57-55(40-26-27-43-42-19-5-2-6-23-49(42)61-50(43)32-40)59-56(58-54)60-48-31-37-16-8-7-15-36(37)30-47(48)46-22-12-21-41(53(46)60)39-18-11-17-35(29-39)38-25-28-45-44-20-9-10-24-51(44)62-52(45)33-38/h1,3-33H,2H2. The predicted octanol–water partition coefficient (Wildman–Crippen LogP) is 15.3. The van der Waals surface area contributed by atoms with Crippen LogP contribution >= 0.6 is 11.3 Å². The van der Waals surface area contributed by atoms with Gasteiger partial charge in [0.2, 0.25) is 5.95 Å². The monoisotopic (exact) mass is 810 g/mol. The molecular formula is C56H34N4OS. The molecule has 0 saturated carbocycles. The van der Waals surface area contributed by atoms with E-state index in [1.165, 1.54) is 31.1 Å². The molecule has 0 radical (unpaired) electrons. The Bertz CT molecular complexity index is 3850. The molecule has 0 N–H and O–H groups in total. The molecule has 0 unspecified atom stereocenters. The van der Waals surface area contributed by atoms with Crippen LogP contribution in [0.4, 0.5) is 0 Å². The van der Waals surface area contributed by atoms with E-state index >= 15 is 0 Å². The highest BCUT2D eigenvalue weighted by atomic mass is 32.1. The zero-order valence-corrected chi connectivity index (χ0v) is 34.1. The van der Waals surface area contributed by atoms with Gasteiger partial charge in [0.25, 0.3) is 0 Å². The molecule has 0 saturated heterocycles. The Morgan fingerprint density at radius 1 is 0.468 bits per heavy atom. The van der Waals surface area contributed by atoms with Crippen LogP contribution in [0.15, 0.2) is 186 Å². The van der Waals surface area contributed by atoms with Gasteiger partial charge in [-0.15, -0.1) is 11.3 Å². The van der Waals surface area contributed by atoms with E-state index < -0.39 is 0 Å². The van der Waals surface area contributed by atoms with Crippen LogP contribution in [0.1, 0.15) is 17.7 Å². The SMILES string of the molecule is C1=Cc2oc3cc(-c4nc(-c5ccccc5)nc(-n5c6cc7ccccc7cc6c6cccc(-c7cccc(-c8ccc9c(c8)sc8ccccc89)c7)c65)n4)ccc3c2C=CC1. The molecule has 8 aromatic carbocycles. The molecule has 13 rings (SSSR count). The molecule has 0 spiro atoms. The van der Waals surface area contributed by atoms with E-state index in [4.69, 9.17) is 19.4 Å². The minimum Gasteiger partial charge on any atom is -0.456 e. The largest absolute Gasteiger partial charge is 0.456 e. The Hall–Kier alpha value is -7.93. The van der Waals surface area contributed by atoms with Crippen LogP contribution < -0.4 is 0 Å². The Morgan fingerprint density at radius 3 is 2.08 bits per heavy atom. The first-order valence-corrected chi connectivity index (χ1v) is 21.7. The van der Waals surface area contributed by atoms with E-state index in [0.717, 1.165) is 83.7 Å². The van der Waals surface area contributed by atoms with Gasteiger partial charge in [-0.3, -0.25) is 4.57 Å². The van der Waals surface area contributed by atoms with Crippen molar-refractivity contribution in [3.8, 4) is 51.0 Å². The van der Waals surface area contributed by atoms with Crippen LogP contribution in [0.2, 0.25) is 0 Å². The van der Waals surface area contributed by atoms with E-state index in [2.05, 4.69) is 181 Å². The number of hydrogen-bond donors (Lipinski definition) is 0. The second-order valence-corrected chi connectivity index (χ2v) is 17.0. The van der Waals surface area contributed by atoms with E-state index in [1.54, 1.807) is 0 Å². The molecule has 4 aromatic heterocycles. The number of benzene rings is 8. The molecule has 0 amide bonds. The summed E-state index contributed by atoms with van der Waals surface area (Å²) in [6.07, 6.45) is 9.39. The normalized spacial score (nSPS) is 12.6. The Kier molecular flexibility index (Phi) is 7.77. The van der Waals surface area contributed by atoms with Gasteiger partial charge in [0, 0.05) is 58.6 Å². The molecule has 0 atom stereocenters. The molecule has 1 aliphatic rings. The van der Waals surface area contributed by atoms with Crippen molar-refractivity contribution in [2.24, 2.45) is 0 Å². The lowest BCUT2D eigenvalue weighted by molar-refractivity contribution is 0.603. The van der Waals surface area contributed by atoms with Crippen molar-refractivity contribution in [2.45, 2.75) is 6.42 Å². The third-order valence-corrected chi connectivity index (χ3v) is 13.4. The number of hydrogen-bond acceptors (Lipinski definition) is 5. The van der Waals surface area contributed by atoms with Crippen molar-refractivity contribution in [2.75, 3.05) is 0 Å². The second-order valence-electron chi connectivity index (χ2n) is 15.9.